The third kappa shape index (κ3) is 4.69. The van der Waals surface area contributed by atoms with E-state index in [1.807, 2.05) is 0 Å². The lowest BCUT2D eigenvalue weighted by Gasteiger charge is -2.43. The number of aliphatic hydroxyl groups excluding tert-OH is 1. The van der Waals surface area contributed by atoms with Gasteiger partial charge in [0, 0.05) is 18.6 Å². The van der Waals surface area contributed by atoms with Crippen LogP contribution in [0.15, 0.2) is 0 Å². The maximum Gasteiger partial charge on any atom is 0.237 e. The smallest absolute Gasteiger partial charge is 0.237 e. The molecule has 3 fully saturated rings. The third-order valence-corrected chi connectivity index (χ3v) is 6.06. The van der Waals surface area contributed by atoms with Crippen LogP contribution in [0.1, 0.15) is 77.0 Å². The highest BCUT2D eigenvalue weighted by atomic mass is 16.3. The monoisotopic (exact) mass is 322 g/mol. The van der Waals surface area contributed by atoms with E-state index < -0.39 is 0 Å². The molecule has 4 nitrogen and oxygen atoms in total. The lowest BCUT2D eigenvalue weighted by Crippen LogP contribution is -2.53. The minimum atomic E-state index is -0.241. The van der Waals surface area contributed by atoms with Crippen molar-refractivity contribution < 1.29 is 9.90 Å². The largest absolute Gasteiger partial charge is 0.392 e. The number of carbonyl (C=O) groups is 1. The van der Waals surface area contributed by atoms with Crippen molar-refractivity contribution in [2.24, 2.45) is 0 Å². The molecule has 132 valence electrons. The van der Waals surface area contributed by atoms with Gasteiger partial charge in [-0.05, 0) is 45.1 Å². The molecule has 1 heterocycles. The first kappa shape index (κ1) is 17.2. The molecular formula is C19H34N2O2. The number of rotatable bonds is 4. The van der Waals surface area contributed by atoms with E-state index in [2.05, 4.69) is 9.80 Å². The summed E-state index contributed by atoms with van der Waals surface area (Å²) in [5.74, 6) is 0.331. The number of hydrogen-bond acceptors (Lipinski definition) is 3. The second-order valence-corrected chi connectivity index (χ2v) is 7.92. The quantitative estimate of drug-likeness (QED) is 0.865. The Morgan fingerprint density at radius 1 is 0.870 bits per heavy atom. The van der Waals surface area contributed by atoms with Gasteiger partial charge >= 0.3 is 0 Å². The van der Waals surface area contributed by atoms with Crippen LogP contribution in [0.25, 0.3) is 0 Å². The first-order valence-corrected chi connectivity index (χ1v) is 9.95. The fourth-order valence-corrected chi connectivity index (χ4v) is 4.87. The topological polar surface area (TPSA) is 43.8 Å². The first-order chi connectivity index (χ1) is 11.2. The summed E-state index contributed by atoms with van der Waals surface area (Å²) in [5.41, 5.74) is 0. The lowest BCUT2D eigenvalue weighted by atomic mass is 9.88. The summed E-state index contributed by atoms with van der Waals surface area (Å²) >= 11 is 0. The molecule has 0 radical (unpaired) electrons. The summed E-state index contributed by atoms with van der Waals surface area (Å²) < 4.78 is 0. The van der Waals surface area contributed by atoms with E-state index in [1.165, 1.54) is 64.2 Å². The van der Waals surface area contributed by atoms with Crippen LogP contribution in [0, 0.1) is 0 Å². The van der Waals surface area contributed by atoms with Crippen molar-refractivity contribution in [3.63, 3.8) is 0 Å². The van der Waals surface area contributed by atoms with Crippen molar-refractivity contribution in [1.29, 1.82) is 0 Å². The maximum absolute atomic E-state index is 13.1. The molecule has 0 aromatic rings. The molecule has 1 aliphatic heterocycles. The Balaban J connectivity index is 1.64. The Labute approximate surface area is 141 Å². The fraction of sp³-hybridized carbons (Fsp3) is 0.947. The number of amides is 1. The number of hydrogen-bond donors (Lipinski definition) is 1. The molecule has 2 saturated carbocycles. The summed E-state index contributed by atoms with van der Waals surface area (Å²) in [4.78, 5) is 17.6. The summed E-state index contributed by atoms with van der Waals surface area (Å²) in [6.45, 7) is 2.16. The van der Waals surface area contributed by atoms with E-state index in [4.69, 9.17) is 0 Å². The van der Waals surface area contributed by atoms with Crippen LogP contribution in [-0.2, 0) is 4.79 Å². The molecule has 1 amide bonds. The van der Waals surface area contributed by atoms with E-state index in [0.717, 1.165) is 19.4 Å². The molecular weight excluding hydrogens is 288 g/mol. The summed E-state index contributed by atoms with van der Waals surface area (Å²) in [6, 6.07) is 0.961. The number of β-amino-alcohol motifs (C(OH)–C–C–N with tert-alkyl or cyclic N) is 1. The number of likely N-dealkylation sites (tertiary alicyclic amines) is 1. The molecule has 0 unspecified atom stereocenters. The zero-order valence-electron chi connectivity index (χ0n) is 14.6. The molecule has 23 heavy (non-hydrogen) atoms. The Morgan fingerprint density at radius 3 is 1.96 bits per heavy atom. The van der Waals surface area contributed by atoms with Crippen LogP contribution in [0.2, 0.25) is 0 Å². The third-order valence-electron chi connectivity index (χ3n) is 6.06. The molecule has 2 aliphatic carbocycles. The lowest BCUT2D eigenvalue weighted by molar-refractivity contribution is -0.140. The van der Waals surface area contributed by atoms with Crippen LogP contribution in [-0.4, -0.2) is 58.6 Å². The van der Waals surface area contributed by atoms with Gasteiger partial charge in [0.1, 0.15) is 0 Å². The Bertz CT molecular complexity index is 358. The molecule has 0 aromatic carbocycles. The van der Waals surface area contributed by atoms with E-state index in [9.17, 15) is 9.90 Å². The normalized spacial score (nSPS) is 28.7. The van der Waals surface area contributed by atoms with Crippen LogP contribution in [0.3, 0.4) is 0 Å². The SMILES string of the molecule is O=C(CN1CCC[C@H](O)C1)N(C1CCCCC1)C1CCCCC1. The predicted octanol–water partition coefficient (Wildman–Crippen LogP) is 2.94. The minimum absolute atomic E-state index is 0.241. The maximum atomic E-state index is 13.1. The van der Waals surface area contributed by atoms with Gasteiger partial charge in [-0.3, -0.25) is 9.69 Å². The van der Waals surface area contributed by atoms with Gasteiger partial charge in [-0.15, -0.1) is 0 Å². The van der Waals surface area contributed by atoms with E-state index >= 15 is 0 Å². The number of aliphatic hydroxyl groups is 1. The minimum Gasteiger partial charge on any atom is -0.392 e. The highest BCUT2D eigenvalue weighted by Crippen LogP contribution is 2.30. The zero-order chi connectivity index (χ0) is 16.1. The van der Waals surface area contributed by atoms with Crippen LogP contribution >= 0.6 is 0 Å². The van der Waals surface area contributed by atoms with Crippen molar-refractivity contribution >= 4 is 5.91 Å². The Morgan fingerprint density at radius 2 is 1.43 bits per heavy atom. The van der Waals surface area contributed by atoms with Crippen molar-refractivity contribution in [3.05, 3.63) is 0 Å². The van der Waals surface area contributed by atoms with Crippen LogP contribution in [0.5, 0.6) is 0 Å². The van der Waals surface area contributed by atoms with Crippen molar-refractivity contribution in [3.8, 4) is 0 Å². The van der Waals surface area contributed by atoms with Crippen molar-refractivity contribution in [2.75, 3.05) is 19.6 Å². The van der Waals surface area contributed by atoms with Gasteiger partial charge in [0.05, 0.1) is 12.6 Å². The number of carbonyl (C=O) groups excluding carboxylic acids is 1. The molecule has 1 saturated heterocycles. The molecule has 3 aliphatic rings. The number of nitrogens with zero attached hydrogens (tertiary/aromatic N) is 2. The predicted molar refractivity (Wildman–Crippen MR) is 92.3 cm³/mol. The van der Waals surface area contributed by atoms with Gasteiger partial charge in [0.25, 0.3) is 0 Å². The Kier molecular flexibility index (Phi) is 6.35. The fourth-order valence-electron chi connectivity index (χ4n) is 4.87. The molecule has 1 atom stereocenters. The van der Waals surface area contributed by atoms with Gasteiger partial charge in [-0.1, -0.05) is 38.5 Å². The summed E-state index contributed by atoms with van der Waals surface area (Å²) in [7, 11) is 0. The molecule has 4 heteroatoms. The second kappa shape index (κ2) is 8.48. The van der Waals surface area contributed by atoms with Gasteiger partial charge in [0.15, 0.2) is 0 Å². The zero-order valence-corrected chi connectivity index (χ0v) is 14.6. The van der Waals surface area contributed by atoms with E-state index in [1.54, 1.807) is 0 Å². The highest BCUT2D eigenvalue weighted by Gasteiger charge is 2.33. The average molecular weight is 322 g/mol. The van der Waals surface area contributed by atoms with Crippen molar-refractivity contribution in [2.45, 2.75) is 95.2 Å². The molecule has 0 aromatic heterocycles. The molecule has 1 N–H and O–H groups in total. The van der Waals surface area contributed by atoms with Crippen molar-refractivity contribution in [1.82, 2.24) is 9.80 Å². The molecule has 0 bridgehead atoms. The standard InChI is InChI=1S/C19H34N2O2/c22-18-12-7-13-20(14-18)15-19(23)21(16-8-3-1-4-9-16)17-10-5-2-6-11-17/h16-18,22H,1-15H2/t18-/m0/s1. The second-order valence-electron chi connectivity index (χ2n) is 7.92. The molecule has 0 spiro atoms. The van der Waals surface area contributed by atoms with Gasteiger partial charge in [-0.25, -0.2) is 0 Å². The van der Waals surface area contributed by atoms with E-state index in [-0.39, 0.29) is 6.10 Å². The first-order valence-electron chi connectivity index (χ1n) is 9.95. The highest BCUT2D eigenvalue weighted by molar-refractivity contribution is 5.79. The number of piperidine rings is 1. The Hall–Kier alpha value is -0.610. The van der Waals surface area contributed by atoms with Crippen LogP contribution < -0.4 is 0 Å². The van der Waals surface area contributed by atoms with Crippen LogP contribution in [0.4, 0.5) is 0 Å². The van der Waals surface area contributed by atoms with E-state index in [0.29, 0.717) is 31.1 Å². The van der Waals surface area contributed by atoms with Gasteiger partial charge in [-0.2, -0.15) is 0 Å². The van der Waals surface area contributed by atoms with Gasteiger partial charge in [0.2, 0.25) is 5.91 Å². The summed E-state index contributed by atoms with van der Waals surface area (Å²) in [6.07, 6.45) is 14.3. The average Bonchev–Trinajstić information content (AvgIpc) is 2.57. The summed E-state index contributed by atoms with van der Waals surface area (Å²) in [5, 5.41) is 9.86. The van der Waals surface area contributed by atoms with Gasteiger partial charge < -0.3 is 10.0 Å². The molecule has 3 rings (SSSR count).